The van der Waals surface area contributed by atoms with Gasteiger partial charge in [0, 0.05) is 17.5 Å². The van der Waals surface area contributed by atoms with Crippen LogP contribution < -0.4 is 5.32 Å². The Balaban J connectivity index is 1.89. The summed E-state index contributed by atoms with van der Waals surface area (Å²) in [6.07, 6.45) is 3.04. The first-order chi connectivity index (χ1) is 8.56. The van der Waals surface area contributed by atoms with Gasteiger partial charge in [-0.15, -0.1) is 11.6 Å². The Bertz CT molecular complexity index is 451. The number of hydrogen-bond donors (Lipinski definition) is 2. The molecule has 18 heavy (non-hydrogen) atoms. The maximum absolute atomic E-state index is 11.9. The molecule has 2 N–H and O–H groups in total. The fraction of sp³-hybridized carbons (Fsp3) is 0.462. The molecule has 0 saturated heterocycles. The first-order valence-corrected chi connectivity index (χ1v) is 6.78. The third-order valence-corrected chi connectivity index (χ3v) is 3.94. The number of rotatable bonds is 3. The number of hydrogen-bond acceptors (Lipinski definition) is 2. The van der Waals surface area contributed by atoms with Crippen molar-refractivity contribution in [2.75, 3.05) is 6.54 Å². The van der Waals surface area contributed by atoms with E-state index < -0.39 is 0 Å². The Morgan fingerprint density at radius 1 is 1.44 bits per heavy atom. The van der Waals surface area contributed by atoms with Crippen LogP contribution in [0.25, 0.3) is 0 Å². The number of carbonyl (C=O) groups is 1. The van der Waals surface area contributed by atoms with Crippen LogP contribution in [0.5, 0.6) is 5.75 Å². The molecule has 1 aromatic rings. The molecule has 2 atom stereocenters. The molecule has 2 unspecified atom stereocenters. The molecule has 98 valence electrons. The van der Waals surface area contributed by atoms with Gasteiger partial charge in [0.05, 0.1) is 5.02 Å². The monoisotopic (exact) mass is 287 g/mol. The van der Waals surface area contributed by atoms with Crippen molar-refractivity contribution in [3.63, 3.8) is 0 Å². The molecule has 0 heterocycles. The second-order valence-electron chi connectivity index (χ2n) is 4.65. The van der Waals surface area contributed by atoms with Gasteiger partial charge in [0.15, 0.2) is 0 Å². The van der Waals surface area contributed by atoms with E-state index in [1.807, 2.05) is 0 Å². The number of phenolic OH excluding ortho intramolecular Hbond substituents is 1. The molecule has 2 rings (SSSR count). The molecule has 1 aliphatic carbocycles. The van der Waals surface area contributed by atoms with Crippen LogP contribution in [0.4, 0.5) is 0 Å². The predicted octanol–water partition coefficient (Wildman–Crippen LogP) is 3.18. The lowest BCUT2D eigenvalue weighted by atomic mass is 10.1. The quantitative estimate of drug-likeness (QED) is 0.839. The predicted molar refractivity (Wildman–Crippen MR) is 72.4 cm³/mol. The van der Waals surface area contributed by atoms with Gasteiger partial charge in [-0.05, 0) is 43.4 Å². The number of amides is 1. The second kappa shape index (κ2) is 5.81. The molecule has 0 bridgehead atoms. The molecule has 5 heteroatoms. The van der Waals surface area contributed by atoms with E-state index in [1.165, 1.54) is 12.1 Å². The minimum absolute atomic E-state index is 0.0195. The number of alkyl halides is 1. The smallest absolute Gasteiger partial charge is 0.251 e. The largest absolute Gasteiger partial charge is 0.506 e. The number of benzene rings is 1. The first-order valence-electron chi connectivity index (χ1n) is 5.97. The summed E-state index contributed by atoms with van der Waals surface area (Å²) in [6, 6.07) is 4.43. The van der Waals surface area contributed by atoms with E-state index in [0.29, 0.717) is 18.0 Å². The van der Waals surface area contributed by atoms with Crippen LogP contribution in [0.2, 0.25) is 5.02 Å². The van der Waals surface area contributed by atoms with Crippen molar-refractivity contribution in [1.82, 2.24) is 5.32 Å². The topological polar surface area (TPSA) is 49.3 Å². The molecule has 1 aromatic carbocycles. The number of carbonyl (C=O) groups excluding carboxylic acids is 1. The van der Waals surface area contributed by atoms with Gasteiger partial charge in [-0.3, -0.25) is 4.79 Å². The van der Waals surface area contributed by atoms with E-state index in [0.717, 1.165) is 19.3 Å². The van der Waals surface area contributed by atoms with Crippen LogP contribution in [0, 0.1) is 5.92 Å². The van der Waals surface area contributed by atoms with Crippen LogP contribution in [0.15, 0.2) is 18.2 Å². The number of nitrogens with one attached hydrogen (secondary N) is 1. The average Bonchev–Trinajstić information content (AvgIpc) is 2.75. The third kappa shape index (κ3) is 3.30. The summed E-state index contributed by atoms with van der Waals surface area (Å²) in [5, 5.41) is 12.6. The van der Waals surface area contributed by atoms with Crippen LogP contribution in [-0.2, 0) is 0 Å². The van der Waals surface area contributed by atoms with Gasteiger partial charge in [-0.25, -0.2) is 0 Å². The van der Waals surface area contributed by atoms with Crippen molar-refractivity contribution in [2.24, 2.45) is 5.92 Å². The molecule has 0 radical (unpaired) electrons. The molecule has 1 aliphatic rings. The fourth-order valence-corrected chi connectivity index (χ4v) is 2.75. The minimum atomic E-state index is -0.171. The molecule has 3 nitrogen and oxygen atoms in total. The third-order valence-electron chi connectivity index (χ3n) is 3.24. The van der Waals surface area contributed by atoms with E-state index >= 15 is 0 Å². The summed E-state index contributed by atoms with van der Waals surface area (Å²) in [7, 11) is 0. The fourth-order valence-electron chi connectivity index (χ4n) is 2.19. The zero-order valence-corrected chi connectivity index (χ0v) is 11.3. The van der Waals surface area contributed by atoms with Crippen LogP contribution in [-0.4, -0.2) is 22.9 Å². The van der Waals surface area contributed by atoms with Gasteiger partial charge in [-0.2, -0.15) is 0 Å². The van der Waals surface area contributed by atoms with Crippen LogP contribution >= 0.6 is 23.2 Å². The van der Waals surface area contributed by atoms with Gasteiger partial charge < -0.3 is 10.4 Å². The zero-order valence-electron chi connectivity index (χ0n) is 9.83. The van der Waals surface area contributed by atoms with E-state index in [9.17, 15) is 9.90 Å². The van der Waals surface area contributed by atoms with Gasteiger partial charge in [0.1, 0.15) is 5.75 Å². The lowest BCUT2D eigenvalue weighted by Crippen LogP contribution is -2.28. The Kier molecular flexibility index (Phi) is 4.36. The summed E-state index contributed by atoms with van der Waals surface area (Å²) < 4.78 is 0. The Hall–Kier alpha value is -0.930. The maximum atomic E-state index is 11.9. The van der Waals surface area contributed by atoms with Crippen LogP contribution in [0.3, 0.4) is 0 Å². The molecule has 1 fully saturated rings. The van der Waals surface area contributed by atoms with E-state index in [4.69, 9.17) is 23.2 Å². The zero-order chi connectivity index (χ0) is 13.1. The summed E-state index contributed by atoms with van der Waals surface area (Å²) in [4.78, 5) is 11.9. The van der Waals surface area contributed by atoms with E-state index in [-0.39, 0.29) is 22.1 Å². The van der Waals surface area contributed by atoms with Crippen LogP contribution in [0.1, 0.15) is 29.6 Å². The number of aromatic hydroxyl groups is 1. The molecule has 0 aromatic heterocycles. The Morgan fingerprint density at radius 3 is 2.83 bits per heavy atom. The summed E-state index contributed by atoms with van der Waals surface area (Å²) in [6.45, 7) is 0.639. The highest BCUT2D eigenvalue weighted by Gasteiger charge is 2.23. The minimum Gasteiger partial charge on any atom is -0.506 e. The van der Waals surface area contributed by atoms with Gasteiger partial charge in [-0.1, -0.05) is 11.6 Å². The molecule has 0 aliphatic heterocycles. The molecule has 1 saturated carbocycles. The lowest BCUT2D eigenvalue weighted by molar-refractivity contribution is 0.0947. The van der Waals surface area contributed by atoms with Gasteiger partial charge in [0.2, 0.25) is 0 Å². The van der Waals surface area contributed by atoms with Crippen molar-refractivity contribution in [3.8, 4) is 5.75 Å². The average molecular weight is 288 g/mol. The number of phenols is 1. The lowest BCUT2D eigenvalue weighted by Gasteiger charge is -2.11. The summed E-state index contributed by atoms with van der Waals surface area (Å²) in [5.41, 5.74) is 0.457. The maximum Gasteiger partial charge on any atom is 0.251 e. The SMILES string of the molecule is O=C(NCC1CCC(Cl)C1)c1ccc(O)c(Cl)c1. The Labute approximate surface area is 116 Å². The number of halogens is 2. The van der Waals surface area contributed by atoms with Crippen molar-refractivity contribution in [1.29, 1.82) is 0 Å². The Morgan fingerprint density at radius 2 is 2.22 bits per heavy atom. The highest BCUT2D eigenvalue weighted by Crippen LogP contribution is 2.29. The van der Waals surface area contributed by atoms with E-state index in [2.05, 4.69) is 5.32 Å². The van der Waals surface area contributed by atoms with Crippen molar-refractivity contribution in [2.45, 2.75) is 24.6 Å². The standard InChI is InChI=1S/C13H15Cl2NO2/c14-10-3-1-8(5-10)7-16-13(18)9-2-4-12(17)11(15)6-9/h2,4,6,8,10,17H,1,3,5,7H2,(H,16,18). The van der Waals surface area contributed by atoms with Crippen molar-refractivity contribution >= 4 is 29.1 Å². The highest BCUT2D eigenvalue weighted by atomic mass is 35.5. The second-order valence-corrected chi connectivity index (χ2v) is 5.68. The molecular weight excluding hydrogens is 273 g/mol. The van der Waals surface area contributed by atoms with Gasteiger partial charge in [0.25, 0.3) is 5.91 Å². The normalized spacial score (nSPS) is 23.0. The van der Waals surface area contributed by atoms with Gasteiger partial charge >= 0.3 is 0 Å². The highest BCUT2D eigenvalue weighted by molar-refractivity contribution is 6.32. The molecular formula is C13H15Cl2NO2. The van der Waals surface area contributed by atoms with E-state index in [1.54, 1.807) is 6.07 Å². The summed E-state index contributed by atoms with van der Waals surface area (Å²) >= 11 is 11.8. The summed E-state index contributed by atoms with van der Waals surface area (Å²) in [5.74, 6) is 0.271. The first kappa shape index (κ1) is 13.5. The van der Waals surface area contributed by atoms with Crippen molar-refractivity contribution in [3.05, 3.63) is 28.8 Å². The molecule has 1 amide bonds. The molecule has 0 spiro atoms. The van der Waals surface area contributed by atoms with Crippen molar-refractivity contribution < 1.29 is 9.90 Å².